The zero-order valence-corrected chi connectivity index (χ0v) is 11.3. The van der Waals surface area contributed by atoms with Gasteiger partial charge < -0.3 is 14.4 Å². The molecule has 0 aromatic heterocycles. The Morgan fingerprint density at radius 3 is 2.44 bits per heavy atom. The van der Waals surface area contributed by atoms with E-state index in [1.165, 1.54) is 5.56 Å². The van der Waals surface area contributed by atoms with Gasteiger partial charge in [-0.05, 0) is 12.5 Å². The second-order valence-electron chi connectivity index (χ2n) is 5.27. The van der Waals surface area contributed by atoms with Gasteiger partial charge in [0.05, 0.1) is 26.6 Å². The first-order valence-electron chi connectivity index (χ1n) is 6.15. The van der Waals surface area contributed by atoms with E-state index in [0.717, 1.165) is 24.0 Å². The first-order valence-corrected chi connectivity index (χ1v) is 6.15. The van der Waals surface area contributed by atoms with Crippen molar-refractivity contribution in [1.82, 2.24) is 0 Å². The zero-order valence-electron chi connectivity index (χ0n) is 11.3. The summed E-state index contributed by atoms with van der Waals surface area (Å²) in [6, 6.07) is 10.3. The Morgan fingerprint density at radius 1 is 1.28 bits per heavy atom. The summed E-state index contributed by atoms with van der Waals surface area (Å²) in [5.41, 5.74) is 1.61. The van der Waals surface area contributed by atoms with Crippen molar-refractivity contribution in [2.75, 3.05) is 20.6 Å². The van der Waals surface area contributed by atoms with E-state index in [9.17, 15) is 9.90 Å². The van der Waals surface area contributed by atoms with Crippen LogP contribution >= 0.6 is 0 Å². The monoisotopic (exact) mass is 247 g/mol. The standard InChI is InChI=1S/C15H21NO2/c1-13(15(17)18)8-7-11-16(2,3)12-14-9-5-4-6-10-14/h4-6,8-10H,7,11-12H2,1-3H3. The molecule has 0 aliphatic carbocycles. The lowest BCUT2D eigenvalue weighted by atomic mass is 10.2. The summed E-state index contributed by atoms with van der Waals surface area (Å²) in [7, 11) is 4.30. The van der Waals surface area contributed by atoms with Crippen LogP contribution in [0.2, 0.25) is 0 Å². The molecule has 0 atom stereocenters. The van der Waals surface area contributed by atoms with Crippen molar-refractivity contribution in [2.45, 2.75) is 19.9 Å². The fourth-order valence-corrected chi connectivity index (χ4v) is 1.87. The highest BCUT2D eigenvalue weighted by Crippen LogP contribution is 2.10. The molecule has 3 heteroatoms. The normalized spacial score (nSPS) is 12.5. The SMILES string of the molecule is CC(=CCC[N+](C)(C)Cc1ccccc1)C(=O)[O-]. The topological polar surface area (TPSA) is 40.1 Å². The maximum absolute atomic E-state index is 10.6. The maximum atomic E-state index is 10.6. The second kappa shape index (κ2) is 6.36. The smallest absolute Gasteiger partial charge is 0.104 e. The summed E-state index contributed by atoms with van der Waals surface area (Å²) in [5, 5.41) is 10.6. The molecule has 0 fully saturated rings. The van der Waals surface area contributed by atoms with Crippen LogP contribution < -0.4 is 5.11 Å². The zero-order chi connectivity index (χ0) is 13.6. The average Bonchev–Trinajstić information content (AvgIpc) is 2.29. The molecule has 1 aromatic rings. The molecule has 3 nitrogen and oxygen atoms in total. The molecule has 0 radical (unpaired) electrons. The van der Waals surface area contributed by atoms with Crippen LogP contribution in [0.15, 0.2) is 42.0 Å². The summed E-state index contributed by atoms with van der Waals surface area (Å²) in [6.07, 6.45) is 2.49. The third kappa shape index (κ3) is 5.15. The van der Waals surface area contributed by atoms with Gasteiger partial charge in [-0.1, -0.05) is 36.4 Å². The van der Waals surface area contributed by atoms with Gasteiger partial charge in [0.1, 0.15) is 6.54 Å². The van der Waals surface area contributed by atoms with Crippen LogP contribution in [0.1, 0.15) is 18.9 Å². The van der Waals surface area contributed by atoms with Gasteiger partial charge >= 0.3 is 0 Å². The van der Waals surface area contributed by atoms with Crippen LogP contribution in [0, 0.1) is 0 Å². The molecule has 98 valence electrons. The van der Waals surface area contributed by atoms with Gasteiger partial charge in [0.25, 0.3) is 0 Å². The summed E-state index contributed by atoms with van der Waals surface area (Å²) in [4.78, 5) is 10.6. The molecule has 0 saturated carbocycles. The average molecular weight is 247 g/mol. The molecule has 0 spiro atoms. The second-order valence-corrected chi connectivity index (χ2v) is 5.27. The number of carboxylic acid groups (broad SMARTS) is 1. The van der Waals surface area contributed by atoms with Gasteiger partial charge in [0, 0.05) is 12.0 Å². The van der Waals surface area contributed by atoms with E-state index >= 15 is 0 Å². The number of benzene rings is 1. The molecule has 0 unspecified atom stereocenters. The highest BCUT2D eigenvalue weighted by Gasteiger charge is 2.14. The van der Waals surface area contributed by atoms with Crippen LogP contribution in [-0.2, 0) is 11.3 Å². The van der Waals surface area contributed by atoms with Crippen molar-refractivity contribution in [3.63, 3.8) is 0 Å². The number of rotatable bonds is 6. The molecule has 1 rings (SSSR count). The molecule has 0 amide bonds. The van der Waals surface area contributed by atoms with Crippen molar-refractivity contribution in [2.24, 2.45) is 0 Å². The molecule has 0 saturated heterocycles. The van der Waals surface area contributed by atoms with Gasteiger partial charge in [-0.3, -0.25) is 0 Å². The van der Waals surface area contributed by atoms with Gasteiger partial charge in [-0.25, -0.2) is 0 Å². The number of carbonyl (C=O) groups excluding carboxylic acids is 1. The third-order valence-electron chi connectivity index (χ3n) is 2.96. The molecule has 18 heavy (non-hydrogen) atoms. The summed E-state index contributed by atoms with van der Waals surface area (Å²) in [5.74, 6) is -1.08. The summed E-state index contributed by atoms with van der Waals surface area (Å²) < 4.78 is 0.834. The fourth-order valence-electron chi connectivity index (χ4n) is 1.87. The molecule has 0 heterocycles. The van der Waals surface area contributed by atoms with E-state index in [0.29, 0.717) is 5.57 Å². The lowest BCUT2D eigenvalue weighted by Crippen LogP contribution is -2.39. The van der Waals surface area contributed by atoms with Crippen molar-refractivity contribution >= 4 is 5.97 Å². The number of carbonyl (C=O) groups is 1. The quantitative estimate of drug-likeness (QED) is 0.562. The van der Waals surface area contributed by atoms with Crippen molar-refractivity contribution < 1.29 is 14.4 Å². The van der Waals surface area contributed by atoms with E-state index in [2.05, 4.69) is 26.2 Å². The number of nitrogens with zero attached hydrogens (tertiary/aromatic N) is 1. The molecule has 0 N–H and O–H groups in total. The van der Waals surface area contributed by atoms with Crippen molar-refractivity contribution in [3.8, 4) is 0 Å². The van der Waals surface area contributed by atoms with Crippen molar-refractivity contribution in [1.29, 1.82) is 0 Å². The number of carboxylic acids is 1. The van der Waals surface area contributed by atoms with Crippen LogP contribution in [0.5, 0.6) is 0 Å². The molecule has 1 aromatic carbocycles. The molecular formula is C15H21NO2. The van der Waals surface area contributed by atoms with Crippen LogP contribution in [0.3, 0.4) is 0 Å². The number of hydrogen-bond acceptors (Lipinski definition) is 2. The number of aliphatic carboxylic acids is 1. The first kappa shape index (κ1) is 14.5. The minimum atomic E-state index is -1.08. The van der Waals surface area contributed by atoms with Gasteiger partial charge in [-0.15, -0.1) is 0 Å². The van der Waals surface area contributed by atoms with E-state index in [1.54, 1.807) is 13.0 Å². The molecule has 0 bridgehead atoms. The van der Waals surface area contributed by atoms with E-state index < -0.39 is 5.97 Å². The van der Waals surface area contributed by atoms with E-state index in [4.69, 9.17) is 0 Å². The molecular weight excluding hydrogens is 226 g/mol. The van der Waals surface area contributed by atoms with Crippen molar-refractivity contribution in [3.05, 3.63) is 47.5 Å². The van der Waals surface area contributed by atoms with Crippen LogP contribution in [0.25, 0.3) is 0 Å². The number of hydrogen-bond donors (Lipinski definition) is 0. The Morgan fingerprint density at radius 2 is 1.89 bits per heavy atom. The minimum Gasteiger partial charge on any atom is -0.545 e. The molecule has 0 aliphatic rings. The van der Waals surface area contributed by atoms with Gasteiger partial charge in [0.15, 0.2) is 0 Å². The fraction of sp³-hybridized carbons (Fsp3) is 0.400. The third-order valence-corrected chi connectivity index (χ3v) is 2.96. The Bertz CT molecular complexity index is 421. The Hall–Kier alpha value is -1.61. The predicted octanol–water partition coefficient (Wildman–Crippen LogP) is 1.35. The molecule has 0 aliphatic heterocycles. The Labute approximate surface area is 109 Å². The predicted molar refractivity (Wildman–Crippen MR) is 70.5 cm³/mol. The maximum Gasteiger partial charge on any atom is 0.104 e. The van der Waals surface area contributed by atoms with Gasteiger partial charge in [-0.2, -0.15) is 0 Å². The highest BCUT2D eigenvalue weighted by atomic mass is 16.4. The Balaban J connectivity index is 2.50. The number of quaternary nitrogens is 1. The van der Waals surface area contributed by atoms with E-state index in [1.807, 2.05) is 18.2 Å². The van der Waals surface area contributed by atoms with E-state index in [-0.39, 0.29) is 0 Å². The first-order chi connectivity index (χ1) is 8.41. The highest BCUT2D eigenvalue weighted by molar-refractivity contribution is 5.83. The largest absolute Gasteiger partial charge is 0.545 e. The van der Waals surface area contributed by atoms with Gasteiger partial charge in [0.2, 0.25) is 0 Å². The van der Waals surface area contributed by atoms with Crippen LogP contribution in [-0.4, -0.2) is 31.1 Å². The Kier molecular flexibility index (Phi) is 5.10. The van der Waals surface area contributed by atoms with Crippen LogP contribution in [0.4, 0.5) is 0 Å². The lowest BCUT2D eigenvalue weighted by Gasteiger charge is -2.29. The summed E-state index contributed by atoms with van der Waals surface area (Å²) >= 11 is 0. The lowest BCUT2D eigenvalue weighted by molar-refractivity contribution is -0.903. The summed E-state index contributed by atoms with van der Waals surface area (Å²) in [6.45, 7) is 3.42. The minimum absolute atomic E-state index is 0.315.